The Morgan fingerprint density at radius 3 is 2.73 bits per heavy atom. The quantitative estimate of drug-likeness (QED) is 0.486. The van der Waals surface area contributed by atoms with Gasteiger partial charge in [-0.2, -0.15) is 0 Å². The summed E-state index contributed by atoms with van der Waals surface area (Å²) in [5, 5.41) is 14.4. The van der Waals surface area contributed by atoms with Gasteiger partial charge in [0.15, 0.2) is 0 Å². The first kappa shape index (κ1) is 8.49. The summed E-state index contributed by atoms with van der Waals surface area (Å²) in [7, 11) is 1.73. The van der Waals surface area contributed by atoms with Crippen molar-refractivity contribution in [3.8, 4) is 0 Å². The number of aliphatic hydroxyl groups is 1. The van der Waals surface area contributed by atoms with Crippen molar-refractivity contribution < 1.29 is 9.90 Å². The maximum absolute atomic E-state index is 10.9. The van der Waals surface area contributed by atoms with Gasteiger partial charge in [-0.05, 0) is 19.9 Å². The van der Waals surface area contributed by atoms with Crippen molar-refractivity contribution in [1.82, 2.24) is 10.6 Å². The molecule has 4 nitrogen and oxygen atoms in total. The fraction of sp³-hybridized carbons (Fsp3) is 0.857. The van der Waals surface area contributed by atoms with Gasteiger partial charge in [-0.3, -0.25) is 4.79 Å². The van der Waals surface area contributed by atoms with Gasteiger partial charge in [0.1, 0.15) is 0 Å². The third-order valence-electron chi connectivity index (χ3n) is 1.82. The molecule has 1 aliphatic carbocycles. The van der Waals surface area contributed by atoms with E-state index in [0.717, 1.165) is 0 Å². The Balaban J connectivity index is 2.07. The van der Waals surface area contributed by atoms with Crippen LogP contribution in [-0.4, -0.2) is 36.8 Å². The zero-order valence-electron chi connectivity index (χ0n) is 6.63. The molecule has 0 aromatic heterocycles. The predicted molar refractivity (Wildman–Crippen MR) is 41.1 cm³/mol. The number of carbonyl (C=O) groups is 1. The SMILES string of the molecule is CNCC(=O)NC1CC(O)C1. The molecular formula is C7H14N2O2. The highest BCUT2D eigenvalue weighted by Gasteiger charge is 2.27. The van der Waals surface area contributed by atoms with Crippen LogP contribution in [0.5, 0.6) is 0 Å². The van der Waals surface area contributed by atoms with Crippen molar-refractivity contribution in [2.75, 3.05) is 13.6 Å². The number of hydrogen-bond donors (Lipinski definition) is 3. The second kappa shape index (κ2) is 3.69. The molecular weight excluding hydrogens is 144 g/mol. The van der Waals surface area contributed by atoms with Gasteiger partial charge in [0.25, 0.3) is 0 Å². The van der Waals surface area contributed by atoms with Gasteiger partial charge in [-0.25, -0.2) is 0 Å². The molecule has 0 aliphatic heterocycles. The third-order valence-corrected chi connectivity index (χ3v) is 1.82. The van der Waals surface area contributed by atoms with Crippen molar-refractivity contribution >= 4 is 5.91 Å². The van der Waals surface area contributed by atoms with Gasteiger partial charge >= 0.3 is 0 Å². The molecule has 1 rings (SSSR count). The molecule has 0 bridgehead atoms. The lowest BCUT2D eigenvalue weighted by atomic mass is 9.89. The Morgan fingerprint density at radius 2 is 2.27 bits per heavy atom. The predicted octanol–water partition coefficient (Wildman–Crippen LogP) is -1.15. The molecule has 4 heteroatoms. The van der Waals surface area contributed by atoms with Gasteiger partial charge in [-0.1, -0.05) is 0 Å². The number of hydrogen-bond acceptors (Lipinski definition) is 3. The highest BCUT2D eigenvalue weighted by Crippen LogP contribution is 2.18. The van der Waals surface area contributed by atoms with Crippen molar-refractivity contribution in [2.24, 2.45) is 0 Å². The Labute approximate surface area is 66.0 Å². The molecule has 1 aliphatic rings. The summed E-state index contributed by atoms with van der Waals surface area (Å²) in [5.74, 6) is 0.00407. The number of likely N-dealkylation sites (N-methyl/N-ethyl adjacent to an activating group) is 1. The Hall–Kier alpha value is -0.610. The van der Waals surface area contributed by atoms with Crippen LogP contribution in [0.3, 0.4) is 0 Å². The summed E-state index contributed by atoms with van der Waals surface area (Å²) in [4.78, 5) is 10.9. The summed E-state index contributed by atoms with van der Waals surface area (Å²) < 4.78 is 0. The fourth-order valence-electron chi connectivity index (χ4n) is 1.14. The van der Waals surface area contributed by atoms with Gasteiger partial charge in [0, 0.05) is 6.04 Å². The van der Waals surface area contributed by atoms with Crippen LogP contribution in [0.2, 0.25) is 0 Å². The van der Waals surface area contributed by atoms with Gasteiger partial charge < -0.3 is 15.7 Å². The maximum Gasteiger partial charge on any atom is 0.234 e. The van der Waals surface area contributed by atoms with E-state index in [9.17, 15) is 4.79 Å². The zero-order chi connectivity index (χ0) is 8.27. The number of nitrogens with one attached hydrogen (secondary N) is 2. The van der Waals surface area contributed by atoms with Crippen LogP contribution in [0.1, 0.15) is 12.8 Å². The first-order valence-corrected chi connectivity index (χ1v) is 3.84. The normalized spacial score (nSPS) is 29.3. The molecule has 0 heterocycles. The molecule has 1 fully saturated rings. The van der Waals surface area contributed by atoms with E-state index in [1.165, 1.54) is 0 Å². The summed E-state index contributed by atoms with van der Waals surface area (Å²) in [5.41, 5.74) is 0. The largest absolute Gasteiger partial charge is 0.393 e. The minimum absolute atomic E-state index is 0.00407. The minimum Gasteiger partial charge on any atom is -0.393 e. The molecule has 0 radical (unpaired) electrons. The van der Waals surface area contributed by atoms with Crippen molar-refractivity contribution in [3.05, 3.63) is 0 Å². The second-order valence-corrected chi connectivity index (χ2v) is 2.92. The van der Waals surface area contributed by atoms with E-state index in [1.807, 2.05) is 0 Å². The Morgan fingerprint density at radius 1 is 1.64 bits per heavy atom. The summed E-state index contributed by atoms with van der Waals surface area (Å²) in [6, 6.07) is 0.200. The molecule has 0 aromatic carbocycles. The van der Waals surface area contributed by atoms with Crippen LogP contribution in [0.4, 0.5) is 0 Å². The smallest absolute Gasteiger partial charge is 0.234 e. The van der Waals surface area contributed by atoms with Gasteiger partial charge in [-0.15, -0.1) is 0 Å². The first-order valence-electron chi connectivity index (χ1n) is 3.84. The summed E-state index contributed by atoms with van der Waals surface area (Å²) >= 11 is 0. The Bertz CT molecular complexity index is 143. The highest BCUT2D eigenvalue weighted by atomic mass is 16.3. The van der Waals surface area contributed by atoms with E-state index < -0.39 is 0 Å². The lowest BCUT2D eigenvalue weighted by Gasteiger charge is -2.31. The summed E-state index contributed by atoms with van der Waals surface area (Å²) in [6.07, 6.45) is 1.21. The molecule has 0 atom stereocenters. The molecule has 0 aromatic rings. The van der Waals surface area contributed by atoms with Crippen LogP contribution in [0.15, 0.2) is 0 Å². The van der Waals surface area contributed by atoms with Gasteiger partial charge in [0.2, 0.25) is 5.91 Å². The van der Waals surface area contributed by atoms with Gasteiger partial charge in [0.05, 0.1) is 12.6 Å². The fourth-order valence-corrected chi connectivity index (χ4v) is 1.14. The topological polar surface area (TPSA) is 61.4 Å². The van der Waals surface area contributed by atoms with E-state index >= 15 is 0 Å². The van der Waals surface area contributed by atoms with Crippen LogP contribution < -0.4 is 10.6 Å². The molecule has 3 N–H and O–H groups in total. The molecule has 1 amide bonds. The summed E-state index contributed by atoms with van der Waals surface area (Å²) in [6.45, 7) is 0.354. The van der Waals surface area contributed by atoms with Crippen molar-refractivity contribution in [3.63, 3.8) is 0 Å². The van der Waals surface area contributed by atoms with E-state index in [4.69, 9.17) is 5.11 Å². The Kier molecular flexibility index (Phi) is 2.84. The average molecular weight is 158 g/mol. The monoisotopic (exact) mass is 158 g/mol. The number of amides is 1. The zero-order valence-corrected chi connectivity index (χ0v) is 6.63. The van der Waals surface area contributed by atoms with E-state index in [1.54, 1.807) is 7.05 Å². The molecule has 0 spiro atoms. The lowest BCUT2D eigenvalue weighted by molar-refractivity contribution is -0.122. The number of carbonyl (C=O) groups excluding carboxylic acids is 1. The number of rotatable bonds is 3. The van der Waals surface area contributed by atoms with E-state index in [-0.39, 0.29) is 18.1 Å². The molecule has 0 saturated heterocycles. The minimum atomic E-state index is -0.199. The van der Waals surface area contributed by atoms with Crippen molar-refractivity contribution in [2.45, 2.75) is 25.0 Å². The second-order valence-electron chi connectivity index (χ2n) is 2.92. The van der Waals surface area contributed by atoms with E-state index in [2.05, 4.69) is 10.6 Å². The highest BCUT2D eigenvalue weighted by molar-refractivity contribution is 5.78. The van der Waals surface area contributed by atoms with Crippen LogP contribution >= 0.6 is 0 Å². The lowest BCUT2D eigenvalue weighted by Crippen LogP contribution is -2.48. The third kappa shape index (κ3) is 2.48. The average Bonchev–Trinajstić information content (AvgIpc) is 1.85. The molecule has 1 saturated carbocycles. The maximum atomic E-state index is 10.9. The molecule has 0 unspecified atom stereocenters. The standard InChI is InChI=1S/C7H14N2O2/c1-8-4-7(11)9-5-2-6(10)3-5/h5-6,8,10H,2-4H2,1H3,(H,9,11). The van der Waals surface area contributed by atoms with Crippen LogP contribution in [0.25, 0.3) is 0 Å². The first-order chi connectivity index (χ1) is 5.22. The number of aliphatic hydroxyl groups excluding tert-OH is 1. The van der Waals surface area contributed by atoms with Crippen LogP contribution in [0, 0.1) is 0 Å². The van der Waals surface area contributed by atoms with Crippen molar-refractivity contribution in [1.29, 1.82) is 0 Å². The van der Waals surface area contributed by atoms with Crippen LogP contribution in [-0.2, 0) is 4.79 Å². The van der Waals surface area contributed by atoms with E-state index in [0.29, 0.717) is 19.4 Å². The molecule has 11 heavy (non-hydrogen) atoms. The molecule has 64 valence electrons.